The normalized spacial score (nSPS) is 17.9. The largest absolute Gasteiger partial charge is 0.493 e. The van der Waals surface area contributed by atoms with E-state index in [0.717, 1.165) is 5.69 Å². The maximum absolute atomic E-state index is 13.2. The van der Waals surface area contributed by atoms with Crippen LogP contribution in [0.1, 0.15) is 35.8 Å². The third-order valence-electron chi connectivity index (χ3n) is 5.65. The molecule has 2 atom stereocenters. The highest BCUT2D eigenvalue weighted by Gasteiger charge is 2.29. The topological polar surface area (TPSA) is 59.6 Å². The maximum Gasteiger partial charge on any atom is 0.194 e. The smallest absolute Gasteiger partial charge is 0.194 e. The number of rotatable bonds is 5. The quantitative estimate of drug-likeness (QED) is 0.582. The Kier molecular flexibility index (Phi) is 5.36. The molecule has 2 unspecified atom stereocenters. The van der Waals surface area contributed by atoms with Gasteiger partial charge in [0.2, 0.25) is 0 Å². The van der Waals surface area contributed by atoms with Crippen LogP contribution < -0.4 is 20.1 Å². The minimum Gasteiger partial charge on any atom is -0.493 e. The molecule has 0 amide bonds. The summed E-state index contributed by atoms with van der Waals surface area (Å²) in [5.41, 5.74) is 3.21. The Morgan fingerprint density at radius 1 is 1.03 bits per heavy atom. The molecule has 0 saturated heterocycles. The fraction of sp³-hybridized carbons (Fsp3) is 0.240. The van der Waals surface area contributed by atoms with Crippen LogP contribution in [0.5, 0.6) is 11.5 Å². The molecule has 3 aromatic carbocycles. The second-order valence-corrected chi connectivity index (χ2v) is 7.50. The number of benzene rings is 3. The summed E-state index contributed by atoms with van der Waals surface area (Å²) in [6.07, 6.45) is 1.84. The van der Waals surface area contributed by atoms with Crippen LogP contribution in [0.2, 0.25) is 0 Å². The first kappa shape index (κ1) is 19.8. The predicted molar refractivity (Wildman–Crippen MR) is 121 cm³/mol. The standard InChI is InChI=1S/C25H26N2O3/c1-15(18-11-7-9-17-8-5-6-10-19(17)18)26-14-21-16(2)27-22-13-24(30-4)23(29-3)12-20(22)25(21)28/h5-16,26-27H,1-4H3. The van der Waals surface area contributed by atoms with E-state index >= 15 is 0 Å². The molecular weight excluding hydrogens is 376 g/mol. The van der Waals surface area contributed by atoms with Gasteiger partial charge in [-0.05, 0) is 36.2 Å². The van der Waals surface area contributed by atoms with Gasteiger partial charge in [0.1, 0.15) is 0 Å². The number of fused-ring (bicyclic) bond motifs is 2. The molecule has 0 spiro atoms. The van der Waals surface area contributed by atoms with Gasteiger partial charge in [0.15, 0.2) is 17.3 Å². The lowest BCUT2D eigenvalue weighted by molar-refractivity contribution is 0.102. The zero-order valence-corrected chi connectivity index (χ0v) is 17.7. The monoisotopic (exact) mass is 402 g/mol. The highest BCUT2D eigenvalue weighted by Crippen LogP contribution is 2.37. The van der Waals surface area contributed by atoms with Crippen LogP contribution >= 0.6 is 0 Å². The van der Waals surface area contributed by atoms with Crippen LogP contribution in [0.3, 0.4) is 0 Å². The predicted octanol–water partition coefficient (Wildman–Crippen LogP) is 5.09. The summed E-state index contributed by atoms with van der Waals surface area (Å²) >= 11 is 0. The van der Waals surface area contributed by atoms with Gasteiger partial charge < -0.3 is 20.1 Å². The summed E-state index contributed by atoms with van der Waals surface area (Å²) in [7, 11) is 3.15. The number of hydrogen-bond donors (Lipinski definition) is 2. The number of nitrogens with one attached hydrogen (secondary N) is 2. The molecule has 5 heteroatoms. The molecule has 0 aliphatic carbocycles. The molecule has 0 saturated carbocycles. The van der Waals surface area contributed by atoms with Gasteiger partial charge in [-0.2, -0.15) is 0 Å². The Morgan fingerprint density at radius 2 is 1.73 bits per heavy atom. The Balaban J connectivity index is 1.63. The summed E-state index contributed by atoms with van der Waals surface area (Å²) in [4.78, 5) is 13.2. The SMILES string of the molecule is COc1cc2c(cc1OC)C(=O)C(=CNC(C)c1cccc3ccccc13)C(C)N2. The lowest BCUT2D eigenvalue weighted by atomic mass is 9.92. The molecule has 5 nitrogen and oxygen atoms in total. The number of methoxy groups -OCH3 is 2. The molecule has 3 aromatic rings. The molecule has 30 heavy (non-hydrogen) atoms. The van der Waals surface area contributed by atoms with Gasteiger partial charge in [-0.25, -0.2) is 0 Å². The van der Waals surface area contributed by atoms with Crippen LogP contribution in [0, 0.1) is 0 Å². The van der Waals surface area contributed by atoms with Crippen molar-refractivity contribution in [1.82, 2.24) is 5.32 Å². The highest BCUT2D eigenvalue weighted by molar-refractivity contribution is 6.15. The van der Waals surface area contributed by atoms with E-state index in [1.807, 2.05) is 31.3 Å². The average molecular weight is 402 g/mol. The Bertz CT molecular complexity index is 1130. The summed E-state index contributed by atoms with van der Waals surface area (Å²) in [6, 6.07) is 18.1. The van der Waals surface area contributed by atoms with Crippen molar-refractivity contribution in [3.05, 3.63) is 77.5 Å². The Morgan fingerprint density at radius 3 is 2.50 bits per heavy atom. The van der Waals surface area contributed by atoms with E-state index in [4.69, 9.17) is 9.47 Å². The van der Waals surface area contributed by atoms with Crippen molar-refractivity contribution in [3.8, 4) is 11.5 Å². The number of carbonyl (C=O) groups excluding carboxylic acids is 1. The minimum atomic E-state index is -0.129. The number of ketones is 1. The second-order valence-electron chi connectivity index (χ2n) is 7.50. The van der Waals surface area contributed by atoms with Crippen molar-refractivity contribution in [2.75, 3.05) is 19.5 Å². The van der Waals surface area contributed by atoms with Crippen molar-refractivity contribution >= 4 is 22.2 Å². The van der Waals surface area contributed by atoms with Gasteiger partial charge in [-0.1, -0.05) is 42.5 Å². The van der Waals surface area contributed by atoms with Crippen molar-refractivity contribution in [3.63, 3.8) is 0 Å². The van der Waals surface area contributed by atoms with Crippen LogP contribution in [-0.4, -0.2) is 26.0 Å². The van der Waals surface area contributed by atoms with Gasteiger partial charge in [-0.15, -0.1) is 0 Å². The first-order valence-corrected chi connectivity index (χ1v) is 10.0. The van der Waals surface area contributed by atoms with E-state index < -0.39 is 0 Å². The zero-order valence-electron chi connectivity index (χ0n) is 17.7. The molecule has 4 rings (SSSR count). The first-order valence-electron chi connectivity index (χ1n) is 10.0. The van der Waals surface area contributed by atoms with E-state index in [-0.39, 0.29) is 17.9 Å². The summed E-state index contributed by atoms with van der Waals surface area (Å²) in [6.45, 7) is 4.08. The van der Waals surface area contributed by atoms with E-state index in [1.165, 1.54) is 16.3 Å². The summed E-state index contributed by atoms with van der Waals surface area (Å²) in [5.74, 6) is 1.12. The molecule has 0 radical (unpaired) electrons. The molecular formula is C25H26N2O3. The summed E-state index contributed by atoms with van der Waals surface area (Å²) in [5, 5.41) is 9.23. The van der Waals surface area contributed by atoms with Gasteiger partial charge in [0.25, 0.3) is 0 Å². The third kappa shape index (κ3) is 3.47. The Labute approximate surface area is 176 Å². The molecule has 1 heterocycles. The van der Waals surface area contributed by atoms with E-state index in [2.05, 4.69) is 47.9 Å². The average Bonchev–Trinajstić information content (AvgIpc) is 2.77. The van der Waals surface area contributed by atoms with Gasteiger partial charge >= 0.3 is 0 Å². The van der Waals surface area contributed by atoms with Crippen molar-refractivity contribution in [2.45, 2.75) is 25.9 Å². The molecule has 0 aromatic heterocycles. The number of carbonyl (C=O) groups is 1. The third-order valence-corrected chi connectivity index (χ3v) is 5.65. The van der Waals surface area contributed by atoms with Crippen LogP contribution in [-0.2, 0) is 0 Å². The van der Waals surface area contributed by atoms with E-state index in [0.29, 0.717) is 22.6 Å². The van der Waals surface area contributed by atoms with Crippen molar-refractivity contribution in [1.29, 1.82) is 0 Å². The number of hydrogen-bond acceptors (Lipinski definition) is 5. The lowest BCUT2D eigenvalue weighted by Gasteiger charge is -2.27. The zero-order chi connectivity index (χ0) is 21.3. The van der Waals surface area contributed by atoms with Gasteiger partial charge in [0.05, 0.1) is 20.3 Å². The van der Waals surface area contributed by atoms with Crippen LogP contribution in [0.4, 0.5) is 5.69 Å². The molecule has 0 fully saturated rings. The summed E-state index contributed by atoms with van der Waals surface area (Å²) < 4.78 is 10.7. The molecule has 0 bridgehead atoms. The molecule has 1 aliphatic heterocycles. The second kappa shape index (κ2) is 8.11. The van der Waals surface area contributed by atoms with E-state index in [9.17, 15) is 4.79 Å². The van der Waals surface area contributed by atoms with Crippen LogP contribution in [0.25, 0.3) is 10.8 Å². The van der Waals surface area contributed by atoms with Crippen LogP contribution in [0.15, 0.2) is 66.4 Å². The molecule has 154 valence electrons. The van der Waals surface area contributed by atoms with Crippen molar-refractivity contribution < 1.29 is 14.3 Å². The Hall–Kier alpha value is -3.47. The molecule has 1 aliphatic rings. The van der Waals surface area contributed by atoms with Crippen molar-refractivity contribution in [2.24, 2.45) is 0 Å². The number of anilines is 1. The van der Waals surface area contributed by atoms with E-state index in [1.54, 1.807) is 20.3 Å². The van der Waals surface area contributed by atoms with Gasteiger partial charge in [0, 0.05) is 35.1 Å². The lowest BCUT2D eigenvalue weighted by Crippen LogP contribution is -2.31. The maximum atomic E-state index is 13.2. The number of ether oxygens (including phenoxy) is 2. The fourth-order valence-corrected chi connectivity index (χ4v) is 3.97. The number of Topliss-reactive ketones (excluding diaryl/α,β-unsaturated/α-hetero) is 1. The highest BCUT2D eigenvalue weighted by atomic mass is 16.5. The fourth-order valence-electron chi connectivity index (χ4n) is 3.97. The minimum absolute atomic E-state index is 0.0187. The molecule has 2 N–H and O–H groups in total. The first-order chi connectivity index (χ1) is 14.5. The van der Waals surface area contributed by atoms with Gasteiger partial charge in [-0.3, -0.25) is 4.79 Å².